The van der Waals surface area contributed by atoms with E-state index in [2.05, 4.69) is 17.5 Å². The lowest BCUT2D eigenvalue weighted by Crippen LogP contribution is -2.21. The second kappa shape index (κ2) is 10.4. The molecule has 0 radical (unpaired) electrons. The number of para-hydroxylation sites is 2. The van der Waals surface area contributed by atoms with E-state index >= 15 is 0 Å². The van der Waals surface area contributed by atoms with Crippen molar-refractivity contribution in [2.24, 2.45) is 12.1 Å². The Balaban J connectivity index is 1.61. The average Bonchev–Trinajstić information content (AvgIpc) is 3.10. The minimum atomic E-state index is -0.377. The van der Waals surface area contributed by atoms with Crippen LogP contribution in [0.1, 0.15) is 53.5 Å². The number of Topliss-reactive ketones (excluding diaryl/α,β-unsaturated/α-hetero) is 1. The van der Waals surface area contributed by atoms with Gasteiger partial charge in [-0.1, -0.05) is 56.5 Å². The van der Waals surface area contributed by atoms with Crippen LogP contribution in [0.25, 0.3) is 10.9 Å². The highest BCUT2D eigenvalue weighted by atomic mass is 16.5. The molecular formula is C24H27N3O3. The summed E-state index contributed by atoms with van der Waals surface area (Å²) in [6.07, 6.45) is 5.50. The quantitative estimate of drug-likeness (QED) is 0.229. The van der Waals surface area contributed by atoms with Crippen LogP contribution in [0.5, 0.6) is 5.75 Å². The van der Waals surface area contributed by atoms with Crippen molar-refractivity contribution in [2.75, 3.05) is 6.61 Å². The Bertz CT molecular complexity index is 1050. The molecule has 156 valence electrons. The third kappa shape index (κ3) is 5.14. The zero-order valence-electron chi connectivity index (χ0n) is 17.4. The Labute approximate surface area is 176 Å². The molecule has 3 rings (SSSR count). The molecule has 0 fully saturated rings. The van der Waals surface area contributed by atoms with Crippen molar-refractivity contribution in [1.82, 2.24) is 9.99 Å². The summed E-state index contributed by atoms with van der Waals surface area (Å²) in [4.78, 5) is 25.0. The zero-order chi connectivity index (χ0) is 21.3. The monoisotopic (exact) mass is 405 g/mol. The maximum absolute atomic E-state index is 12.5. The van der Waals surface area contributed by atoms with Crippen molar-refractivity contribution in [3.63, 3.8) is 0 Å². The molecule has 1 amide bonds. The predicted octanol–water partition coefficient (Wildman–Crippen LogP) is 4.74. The van der Waals surface area contributed by atoms with Gasteiger partial charge in [0.05, 0.1) is 18.4 Å². The lowest BCUT2D eigenvalue weighted by atomic mass is 10.1. The van der Waals surface area contributed by atoms with Crippen molar-refractivity contribution in [3.05, 3.63) is 65.9 Å². The molecular weight excluding hydrogens is 378 g/mol. The summed E-state index contributed by atoms with van der Waals surface area (Å²) in [7, 11) is 1.82. The number of fused-ring (bicyclic) bond motifs is 1. The van der Waals surface area contributed by atoms with Gasteiger partial charge in [0.2, 0.25) is 5.78 Å². The maximum atomic E-state index is 12.5. The summed E-state index contributed by atoms with van der Waals surface area (Å²) < 4.78 is 7.57. The number of carbonyl (C=O) groups is 2. The predicted molar refractivity (Wildman–Crippen MR) is 119 cm³/mol. The van der Waals surface area contributed by atoms with E-state index in [1.807, 2.05) is 37.4 Å². The minimum absolute atomic E-state index is 0.323. The maximum Gasteiger partial charge on any atom is 0.287 e. The molecule has 0 spiro atoms. The van der Waals surface area contributed by atoms with Crippen LogP contribution >= 0.6 is 0 Å². The van der Waals surface area contributed by atoms with Crippen LogP contribution in [0.4, 0.5) is 0 Å². The first-order chi connectivity index (χ1) is 14.6. The molecule has 0 unspecified atom stereocenters. The fourth-order valence-electron chi connectivity index (χ4n) is 3.29. The highest BCUT2D eigenvalue weighted by Gasteiger charge is 2.13. The van der Waals surface area contributed by atoms with Gasteiger partial charge in [-0.3, -0.25) is 9.59 Å². The Morgan fingerprint density at radius 2 is 1.83 bits per heavy atom. The molecule has 0 saturated carbocycles. The minimum Gasteiger partial charge on any atom is -0.493 e. The number of aromatic nitrogens is 1. The highest BCUT2D eigenvalue weighted by molar-refractivity contribution is 6.36. The number of rotatable bonds is 10. The van der Waals surface area contributed by atoms with Gasteiger partial charge >= 0.3 is 0 Å². The van der Waals surface area contributed by atoms with E-state index in [1.165, 1.54) is 6.42 Å². The lowest BCUT2D eigenvalue weighted by Gasteiger charge is -2.09. The smallest absolute Gasteiger partial charge is 0.287 e. The molecule has 0 saturated heterocycles. The summed E-state index contributed by atoms with van der Waals surface area (Å²) in [6, 6.07) is 16.6. The van der Waals surface area contributed by atoms with Gasteiger partial charge in [-0.15, -0.1) is 0 Å². The van der Waals surface area contributed by atoms with Crippen molar-refractivity contribution in [1.29, 1.82) is 0 Å². The molecule has 30 heavy (non-hydrogen) atoms. The molecule has 0 aliphatic carbocycles. The molecule has 0 bridgehead atoms. The first kappa shape index (κ1) is 21.3. The number of hydrogen-bond acceptors (Lipinski definition) is 4. The number of nitrogens with zero attached hydrogens (tertiary/aromatic N) is 2. The fraction of sp³-hybridized carbons (Fsp3) is 0.292. The van der Waals surface area contributed by atoms with Gasteiger partial charge < -0.3 is 9.30 Å². The van der Waals surface area contributed by atoms with Crippen LogP contribution < -0.4 is 10.2 Å². The fourth-order valence-corrected chi connectivity index (χ4v) is 3.29. The van der Waals surface area contributed by atoms with Crippen LogP contribution in [0, 0.1) is 0 Å². The Kier molecular flexibility index (Phi) is 7.38. The Morgan fingerprint density at radius 1 is 1.07 bits per heavy atom. The number of hydrogen-bond donors (Lipinski definition) is 1. The summed E-state index contributed by atoms with van der Waals surface area (Å²) in [5, 5.41) is 4.82. The van der Waals surface area contributed by atoms with Crippen LogP contribution in [0.2, 0.25) is 0 Å². The molecule has 0 aliphatic rings. The van der Waals surface area contributed by atoms with Crippen LogP contribution in [-0.2, 0) is 7.05 Å². The summed E-state index contributed by atoms with van der Waals surface area (Å²) in [6.45, 7) is 2.73. The number of benzene rings is 2. The average molecular weight is 405 g/mol. The molecule has 3 aromatic rings. The van der Waals surface area contributed by atoms with Crippen LogP contribution in [-0.4, -0.2) is 29.1 Å². The first-order valence-corrected chi connectivity index (χ1v) is 10.3. The molecule has 0 aliphatic heterocycles. The van der Waals surface area contributed by atoms with Crippen molar-refractivity contribution < 1.29 is 14.3 Å². The van der Waals surface area contributed by atoms with E-state index in [4.69, 9.17) is 4.74 Å². The van der Waals surface area contributed by atoms with Gasteiger partial charge in [0.1, 0.15) is 11.4 Å². The van der Waals surface area contributed by atoms with Crippen LogP contribution in [0.3, 0.4) is 0 Å². The van der Waals surface area contributed by atoms with Crippen molar-refractivity contribution >= 4 is 28.8 Å². The molecule has 6 heteroatoms. The summed E-state index contributed by atoms with van der Waals surface area (Å²) in [5.41, 5.74) is 4.28. The number of nitrogens with one attached hydrogen (secondary N) is 1. The molecule has 1 N–H and O–H groups in total. The lowest BCUT2D eigenvalue weighted by molar-refractivity contribution is 0.0947. The number of ketones is 1. The Morgan fingerprint density at radius 3 is 2.63 bits per heavy atom. The molecule has 0 atom stereocenters. The third-order valence-corrected chi connectivity index (χ3v) is 4.94. The first-order valence-electron chi connectivity index (χ1n) is 10.3. The standard InChI is InChI=1S/C24H27N3O3/c1-3-4-5-10-15-30-23-14-9-7-12-19(23)22(28)17-25-26-24(29)21-16-18-11-6-8-13-20(18)27(21)2/h6-9,11-14,16-17H,3-5,10,15H2,1-2H3,(H,26,29)/b25-17+. The van der Waals surface area contributed by atoms with Gasteiger partial charge in [0, 0.05) is 18.0 Å². The summed E-state index contributed by atoms with van der Waals surface area (Å²) >= 11 is 0. The number of aryl methyl sites for hydroxylation is 1. The van der Waals surface area contributed by atoms with Gasteiger partial charge in [0.15, 0.2) is 0 Å². The van der Waals surface area contributed by atoms with Crippen molar-refractivity contribution in [3.8, 4) is 5.75 Å². The molecule has 2 aromatic carbocycles. The van der Waals surface area contributed by atoms with E-state index < -0.39 is 0 Å². The normalized spacial score (nSPS) is 11.1. The van der Waals surface area contributed by atoms with E-state index in [-0.39, 0.29) is 11.7 Å². The van der Waals surface area contributed by atoms with Crippen LogP contribution in [0.15, 0.2) is 59.7 Å². The number of unbranched alkanes of at least 4 members (excludes halogenated alkanes) is 3. The van der Waals surface area contributed by atoms with E-state index in [0.29, 0.717) is 23.6 Å². The number of hydrazone groups is 1. The van der Waals surface area contributed by atoms with Crippen molar-refractivity contribution in [2.45, 2.75) is 32.6 Å². The molecule has 6 nitrogen and oxygen atoms in total. The topological polar surface area (TPSA) is 72.7 Å². The van der Waals surface area contributed by atoms with E-state index in [0.717, 1.165) is 36.4 Å². The second-order valence-corrected chi connectivity index (χ2v) is 7.12. The third-order valence-electron chi connectivity index (χ3n) is 4.94. The molecule has 1 heterocycles. The number of amides is 1. The SMILES string of the molecule is CCCCCCOc1ccccc1C(=O)/C=N/NC(=O)c1cc2ccccc2n1C. The van der Waals surface area contributed by atoms with Gasteiger partial charge in [-0.2, -0.15) is 5.10 Å². The van der Waals surface area contributed by atoms with E-state index in [9.17, 15) is 9.59 Å². The molecule has 1 aromatic heterocycles. The summed E-state index contributed by atoms with van der Waals surface area (Å²) in [5.74, 6) is -0.167. The van der Waals surface area contributed by atoms with E-state index in [1.54, 1.807) is 28.8 Å². The Hall–Kier alpha value is -3.41. The van der Waals surface area contributed by atoms with Gasteiger partial charge in [0.25, 0.3) is 5.91 Å². The van der Waals surface area contributed by atoms with Gasteiger partial charge in [-0.05, 0) is 30.7 Å². The zero-order valence-corrected chi connectivity index (χ0v) is 17.4. The number of ether oxygens (including phenoxy) is 1. The largest absolute Gasteiger partial charge is 0.493 e. The van der Waals surface area contributed by atoms with Gasteiger partial charge in [-0.25, -0.2) is 5.43 Å². The highest BCUT2D eigenvalue weighted by Crippen LogP contribution is 2.19. The second-order valence-electron chi connectivity index (χ2n) is 7.12. The number of carbonyl (C=O) groups excluding carboxylic acids is 2.